The number of carbonyl (C=O) groups excluding carboxylic acids is 4. The maximum absolute atomic E-state index is 13.1. The molecule has 1 aromatic heterocycles. The molecule has 0 radical (unpaired) electrons. The van der Waals surface area contributed by atoms with Crippen LogP contribution in [0.15, 0.2) is 24.4 Å². The molecule has 0 aliphatic carbocycles. The standard InChI is InChI=1S/C22H22N6O5/c29-18-4-3-16(19(30)23-18)28-20(31)14-2-1-13(9-15(14)21(28)32)27-10-17(24-25-27)22(33)11-26-7-5-12(22)6-8-26/h1-2,9-10,12,16,33H,3-8,11H2,(H,23,29,30). The van der Waals surface area contributed by atoms with Crippen molar-refractivity contribution in [1.82, 2.24) is 30.1 Å². The third-order valence-corrected chi connectivity index (χ3v) is 7.35. The van der Waals surface area contributed by atoms with E-state index in [4.69, 9.17) is 0 Å². The van der Waals surface area contributed by atoms with E-state index in [1.807, 2.05) is 0 Å². The predicted molar refractivity (Wildman–Crippen MR) is 111 cm³/mol. The third-order valence-electron chi connectivity index (χ3n) is 7.35. The first-order chi connectivity index (χ1) is 15.8. The van der Waals surface area contributed by atoms with Gasteiger partial charge in [0.05, 0.1) is 23.0 Å². The number of rotatable bonds is 3. The summed E-state index contributed by atoms with van der Waals surface area (Å²) in [5.41, 5.74) is 0.319. The summed E-state index contributed by atoms with van der Waals surface area (Å²) in [5.74, 6) is -2.07. The molecule has 4 saturated heterocycles. The Kier molecular flexibility index (Phi) is 4.30. The first-order valence-electron chi connectivity index (χ1n) is 11.1. The lowest BCUT2D eigenvalue weighted by atomic mass is 9.74. The van der Waals surface area contributed by atoms with Crippen molar-refractivity contribution < 1.29 is 24.3 Å². The van der Waals surface area contributed by atoms with E-state index in [0.717, 1.165) is 30.8 Å². The van der Waals surface area contributed by atoms with Crippen LogP contribution in [-0.2, 0) is 15.2 Å². The van der Waals surface area contributed by atoms with Crippen molar-refractivity contribution in [2.75, 3.05) is 19.6 Å². The van der Waals surface area contributed by atoms with Gasteiger partial charge in [0.2, 0.25) is 11.8 Å². The Morgan fingerprint density at radius 1 is 1.03 bits per heavy atom. The fourth-order valence-corrected chi connectivity index (χ4v) is 5.52. The number of piperidine rings is 4. The Hall–Kier alpha value is -3.44. The second-order valence-corrected chi connectivity index (χ2v) is 9.20. The van der Waals surface area contributed by atoms with Crippen molar-refractivity contribution in [3.8, 4) is 5.69 Å². The number of aliphatic hydroxyl groups is 1. The largest absolute Gasteiger partial charge is 0.382 e. The van der Waals surface area contributed by atoms with Gasteiger partial charge in [-0.05, 0) is 56.5 Å². The number of hydrogen-bond donors (Lipinski definition) is 2. The molecular formula is C22H22N6O5. The van der Waals surface area contributed by atoms with Gasteiger partial charge in [-0.15, -0.1) is 5.10 Å². The van der Waals surface area contributed by atoms with Gasteiger partial charge in [-0.25, -0.2) is 4.68 Å². The molecular weight excluding hydrogens is 428 g/mol. The molecule has 7 rings (SSSR count). The molecule has 6 heterocycles. The summed E-state index contributed by atoms with van der Waals surface area (Å²) in [6.07, 6.45) is 3.66. The van der Waals surface area contributed by atoms with Gasteiger partial charge in [-0.2, -0.15) is 0 Å². The fraction of sp³-hybridized carbons (Fsp3) is 0.455. The number of nitrogens with zero attached hydrogens (tertiary/aromatic N) is 5. The van der Waals surface area contributed by atoms with Crippen molar-refractivity contribution in [2.24, 2.45) is 5.92 Å². The van der Waals surface area contributed by atoms with Crippen LogP contribution in [0.2, 0.25) is 0 Å². The van der Waals surface area contributed by atoms with E-state index < -0.39 is 35.3 Å². The number of fused-ring (bicyclic) bond motifs is 4. The van der Waals surface area contributed by atoms with Crippen LogP contribution in [0.1, 0.15) is 52.1 Å². The summed E-state index contributed by atoms with van der Waals surface area (Å²) in [4.78, 5) is 52.8. The van der Waals surface area contributed by atoms with Gasteiger partial charge in [0.25, 0.3) is 11.8 Å². The number of carbonyl (C=O) groups is 4. The van der Waals surface area contributed by atoms with Crippen LogP contribution >= 0.6 is 0 Å². The van der Waals surface area contributed by atoms with E-state index in [0.29, 0.717) is 17.9 Å². The van der Waals surface area contributed by atoms with E-state index in [1.54, 1.807) is 18.3 Å². The number of aromatic nitrogens is 3. The van der Waals surface area contributed by atoms with Crippen molar-refractivity contribution in [3.63, 3.8) is 0 Å². The van der Waals surface area contributed by atoms with Gasteiger partial charge < -0.3 is 10.0 Å². The van der Waals surface area contributed by atoms with Gasteiger partial charge in [-0.1, -0.05) is 5.21 Å². The lowest BCUT2D eigenvalue weighted by molar-refractivity contribution is -0.136. The Morgan fingerprint density at radius 3 is 2.48 bits per heavy atom. The lowest BCUT2D eigenvalue weighted by Gasteiger charge is -2.49. The van der Waals surface area contributed by atoms with Crippen LogP contribution in [0.25, 0.3) is 5.69 Å². The molecule has 4 fully saturated rings. The van der Waals surface area contributed by atoms with Crippen molar-refractivity contribution >= 4 is 23.6 Å². The molecule has 33 heavy (non-hydrogen) atoms. The average Bonchev–Trinajstić information content (AvgIpc) is 3.40. The minimum atomic E-state index is -1.06. The van der Waals surface area contributed by atoms with Gasteiger partial charge in [-0.3, -0.25) is 29.4 Å². The summed E-state index contributed by atoms with van der Waals surface area (Å²) >= 11 is 0. The minimum absolute atomic E-state index is 0.0676. The van der Waals surface area contributed by atoms with Crippen LogP contribution in [-0.4, -0.2) is 79.2 Å². The number of hydrogen-bond acceptors (Lipinski definition) is 8. The Balaban J connectivity index is 1.29. The Labute approximate surface area is 188 Å². The van der Waals surface area contributed by atoms with Crippen LogP contribution < -0.4 is 5.32 Å². The van der Waals surface area contributed by atoms with Crippen molar-refractivity contribution in [1.29, 1.82) is 0 Å². The zero-order chi connectivity index (χ0) is 22.9. The second-order valence-electron chi connectivity index (χ2n) is 9.20. The normalized spacial score (nSPS) is 31.2. The number of imide groups is 2. The highest BCUT2D eigenvalue weighted by atomic mass is 16.3. The van der Waals surface area contributed by atoms with Crippen LogP contribution in [0.4, 0.5) is 0 Å². The van der Waals surface area contributed by atoms with Crippen molar-refractivity contribution in [2.45, 2.75) is 37.3 Å². The molecule has 2 aromatic rings. The maximum Gasteiger partial charge on any atom is 0.262 e. The molecule has 2 N–H and O–H groups in total. The van der Waals surface area contributed by atoms with E-state index in [-0.39, 0.29) is 29.9 Å². The smallest absolute Gasteiger partial charge is 0.262 e. The first kappa shape index (κ1) is 20.2. The highest BCUT2D eigenvalue weighted by molar-refractivity contribution is 6.23. The average molecular weight is 450 g/mol. The first-order valence-corrected chi connectivity index (χ1v) is 11.1. The summed E-state index contributed by atoms with van der Waals surface area (Å²) < 4.78 is 1.48. The summed E-state index contributed by atoms with van der Waals surface area (Å²) in [6, 6.07) is 3.71. The molecule has 0 saturated carbocycles. The molecule has 4 amide bonds. The summed E-state index contributed by atoms with van der Waals surface area (Å²) in [7, 11) is 0. The van der Waals surface area contributed by atoms with E-state index in [1.165, 1.54) is 10.7 Å². The van der Waals surface area contributed by atoms with E-state index >= 15 is 0 Å². The molecule has 2 bridgehead atoms. The molecule has 2 atom stereocenters. The minimum Gasteiger partial charge on any atom is -0.382 e. The van der Waals surface area contributed by atoms with Crippen LogP contribution in [0, 0.1) is 5.92 Å². The fourth-order valence-electron chi connectivity index (χ4n) is 5.52. The highest BCUT2D eigenvalue weighted by Gasteiger charge is 2.48. The highest BCUT2D eigenvalue weighted by Crippen LogP contribution is 2.41. The van der Waals surface area contributed by atoms with Crippen LogP contribution in [0.5, 0.6) is 0 Å². The monoisotopic (exact) mass is 450 g/mol. The zero-order valence-corrected chi connectivity index (χ0v) is 17.7. The lowest BCUT2D eigenvalue weighted by Crippen LogP contribution is -2.57. The molecule has 11 nitrogen and oxygen atoms in total. The maximum atomic E-state index is 13.1. The Morgan fingerprint density at radius 2 is 1.79 bits per heavy atom. The van der Waals surface area contributed by atoms with Gasteiger partial charge >= 0.3 is 0 Å². The molecule has 2 unspecified atom stereocenters. The summed E-state index contributed by atoms with van der Waals surface area (Å²) in [5, 5.41) is 21.9. The molecule has 170 valence electrons. The third kappa shape index (κ3) is 2.96. The van der Waals surface area contributed by atoms with E-state index in [9.17, 15) is 24.3 Å². The molecule has 1 aromatic carbocycles. The molecule has 11 heteroatoms. The quantitative estimate of drug-likeness (QED) is 0.602. The number of benzene rings is 1. The SMILES string of the molecule is O=C1CCC(N2C(=O)c3ccc(-n4cc(C5(O)CN6CCC5CC6)nn4)cc3C2=O)C(=O)N1. The van der Waals surface area contributed by atoms with Crippen molar-refractivity contribution in [3.05, 3.63) is 41.2 Å². The number of amides is 4. The van der Waals surface area contributed by atoms with Gasteiger partial charge in [0, 0.05) is 13.0 Å². The predicted octanol–water partition coefficient (Wildman–Crippen LogP) is -0.418. The van der Waals surface area contributed by atoms with E-state index in [2.05, 4.69) is 20.5 Å². The number of nitrogens with one attached hydrogen (secondary N) is 1. The van der Waals surface area contributed by atoms with Crippen LogP contribution in [0.3, 0.4) is 0 Å². The zero-order valence-electron chi connectivity index (χ0n) is 17.7. The molecule has 0 spiro atoms. The topological polar surface area (TPSA) is 138 Å². The second kappa shape index (κ2) is 7.03. The van der Waals surface area contributed by atoms with Gasteiger partial charge in [0.15, 0.2) is 0 Å². The molecule has 5 aliphatic rings. The summed E-state index contributed by atoms with van der Waals surface area (Å²) in [6.45, 7) is 2.48. The van der Waals surface area contributed by atoms with Gasteiger partial charge in [0.1, 0.15) is 17.3 Å². The molecule has 5 aliphatic heterocycles. The Bertz CT molecular complexity index is 1220.